The van der Waals surface area contributed by atoms with Crippen molar-refractivity contribution in [2.45, 2.75) is 33.8 Å². The smallest absolute Gasteiger partial charge is 0.132 e. The highest BCUT2D eigenvalue weighted by Crippen LogP contribution is 2.50. The highest BCUT2D eigenvalue weighted by Gasteiger charge is 2.41. The van der Waals surface area contributed by atoms with Crippen LogP contribution >= 0.6 is 0 Å². The lowest BCUT2D eigenvalue weighted by Crippen LogP contribution is -2.22. The molecule has 18 heavy (non-hydrogen) atoms. The van der Waals surface area contributed by atoms with Gasteiger partial charge >= 0.3 is 0 Å². The second-order valence-corrected chi connectivity index (χ2v) is 5.74. The molecule has 0 N–H and O–H groups in total. The zero-order chi connectivity index (χ0) is 13.3. The van der Waals surface area contributed by atoms with Crippen molar-refractivity contribution in [2.24, 2.45) is 11.3 Å². The van der Waals surface area contributed by atoms with E-state index < -0.39 is 0 Å². The first-order chi connectivity index (χ1) is 8.46. The predicted octanol–water partition coefficient (Wildman–Crippen LogP) is 4.33. The summed E-state index contributed by atoms with van der Waals surface area (Å²) in [5.41, 5.74) is 2.57. The Morgan fingerprint density at radius 3 is 2.56 bits per heavy atom. The van der Waals surface area contributed by atoms with Crippen LogP contribution in [0.15, 0.2) is 36.1 Å². The second kappa shape index (κ2) is 4.68. The Labute approximate surface area is 110 Å². The molecule has 0 fully saturated rings. The summed E-state index contributed by atoms with van der Waals surface area (Å²) in [6, 6.07) is 8.14. The number of ether oxygens (including phenoxy) is 2. The van der Waals surface area contributed by atoms with Gasteiger partial charge in [0.05, 0.1) is 13.4 Å². The van der Waals surface area contributed by atoms with Gasteiger partial charge in [0, 0.05) is 5.41 Å². The third kappa shape index (κ3) is 2.12. The van der Waals surface area contributed by atoms with Crippen molar-refractivity contribution in [3.05, 3.63) is 41.7 Å². The molecule has 0 radical (unpaired) electrons. The minimum atomic E-state index is 0.0283. The van der Waals surface area contributed by atoms with Gasteiger partial charge in [-0.3, -0.25) is 0 Å². The van der Waals surface area contributed by atoms with E-state index in [4.69, 9.17) is 9.47 Å². The Morgan fingerprint density at radius 2 is 2.00 bits per heavy atom. The topological polar surface area (TPSA) is 18.5 Å². The van der Waals surface area contributed by atoms with Crippen LogP contribution in [0.25, 0.3) is 0 Å². The maximum atomic E-state index is 5.91. The molecule has 0 saturated heterocycles. The van der Waals surface area contributed by atoms with Crippen LogP contribution in [0.4, 0.5) is 0 Å². The van der Waals surface area contributed by atoms with E-state index in [9.17, 15) is 0 Å². The maximum absolute atomic E-state index is 5.91. The van der Waals surface area contributed by atoms with Crippen molar-refractivity contribution in [1.82, 2.24) is 0 Å². The fourth-order valence-corrected chi connectivity index (χ4v) is 2.79. The molecule has 0 bridgehead atoms. The normalized spacial score (nSPS) is 21.7. The van der Waals surface area contributed by atoms with Gasteiger partial charge in [-0.25, -0.2) is 0 Å². The van der Waals surface area contributed by atoms with Crippen LogP contribution in [0.3, 0.4) is 0 Å². The number of benzene rings is 1. The van der Waals surface area contributed by atoms with E-state index in [1.807, 2.05) is 18.4 Å². The van der Waals surface area contributed by atoms with Gasteiger partial charge in [-0.1, -0.05) is 39.8 Å². The van der Waals surface area contributed by atoms with E-state index in [0.717, 1.165) is 5.75 Å². The van der Waals surface area contributed by atoms with Crippen LogP contribution in [0.2, 0.25) is 0 Å². The lowest BCUT2D eigenvalue weighted by atomic mass is 9.74. The maximum Gasteiger partial charge on any atom is 0.132 e. The minimum absolute atomic E-state index is 0.0283. The molecular weight excluding hydrogens is 224 g/mol. The highest BCUT2D eigenvalue weighted by atomic mass is 16.5. The van der Waals surface area contributed by atoms with Gasteiger partial charge in [0.1, 0.15) is 11.9 Å². The van der Waals surface area contributed by atoms with Gasteiger partial charge in [-0.05, 0) is 29.2 Å². The van der Waals surface area contributed by atoms with E-state index in [2.05, 4.69) is 39.8 Å². The van der Waals surface area contributed by atoms with Crippen molar-refractivity contribution < 1.29 is 9.47 Å². The molecule has 1 unspecified atom stereocenters. The molecule has 2 nitrogen and oxygen atoms in total. The number of methoxy groups -OCH3 is 1. The van der Waals surface area contributed by atoms with Gasteiger partial charge < -0.3 is 9.47 Å². The summed E-state index contributed by atoms with van der Waals surface area (Å²) in [5, 5.41) is 0. The second-order valence-electron chi connectivity index (χ2n) is 5.74. The molecule has 1 aliphatic rings. The first-order valence-electron chi connectivity index (χ1n) is 6.46. The Morgan fingerprint density at radius 1 is 1.28 bits per heavy atom. The van der Waals surface area contributed by atoms with Crippen LogP contribution in [0, 0.1) is 11.3 Å². The Kier molecular flexibility index (Phi) is 3.38. The van der Waals surface area contributed by atoms with Crippen molar-refractivity contribution >= 4 is 0 Å². The number of rotatable bonds is 3. The van der Waals surface area contributed by atoms with Gasteiger partial charge in [-0.2, -0.15) is 0 Å². The molecule has 0 aliphatic carbocycles. The summed E-state index contributed by atoms with van der Waals surface area (Å²) >= 11 is 0. The SMILES string of the molecule is COc1cccc(C2OC=C(C(C)C)C2(C)C)c1. The van der Waals surface area contributed by atoms with Gasteiger partial charge in [0.2, 0.25) is 0 Å². The van der Waals surface area contributed by atoms with Crippen LogP contribution < -0.4 is 4.74 Å². The van der Waals surface area contributed by atoms with E-state index >= 15 is 0 Å². The average Bonchev–Trinajstić information content (AvgIpc) is 2.64. The van der Waals surface area contributed by atoms with Crippen LogP contribution in [0.1, 0.15) is 39.4 Å². The van der Waals surface area contributed by atoms with Gasteiger partial charge in [-0.15, -0.1) is 0 Å². The standard InChI is InChI=1S/C16H22O2/c1-11(2)14-10-18-15(16(14,3)4)12-7-6-8-13(9-12)17-5/h6-11,15H,1-5H3. The lowest BCUT2D eigenvalue weighted by molar-refractivity contribution is 0.0912. The summed E-state index contributed by atoms with van der Waals surface area (Å²) in [7, 11) is 1.69. The fraction of sp³-hybridized carbons (Fsp3) is 0.500. The Bertz CT molecular complexity index is 458. The van der Waals surface area contributed by atoms with Crippen molar-refractivity contribution in [2.75, 3.05) is 7.11 Å². The monoisotopic (exact) mass is 246 g/mol. The van der Waals surface area contributed by atoms with Crippen LogP contribution in [0.5, 0.6) is 5.75 Å². The molecule has 1 heterocycles. The molecular formula is C16H22O2. The van der Waals surface area contributed by atoms with Crippen molar-refractivity contribution in [3.63, 3.8) is 0 Å². The first kappa shape index (κ1) is 13.0. The molecule has 1 atom stereocenters. The van der Waals surface area contributed by atoms with E-state index in [1.165, 1.54) is 11.1 Å². The third-order valence-corrected chi connectivity index (χ3v) is 3.75. The first-order valence-corrected chi connectivity index (χ1v) is 6.46. The van der Waals surface area contributed by atoms with E-state index in [1.54, 1.807) is 7.11 Å². The molecule has 0 saturated carbocycles. The van der Waals surface area contributed by atoms with Crippen molar-refractivity contribution in [1.29, 1.82) is 0 Å². The summed E-state index contributed by atoms with van der Waals surface area (Å²) in [5.74, 6) is 1.39. The highest BCUT2D eigenvalue weighted by molar-refractivity contribution is 5.34. The molecule has 2 heteroatoms. The van der Waals surface area contributed by atoms with Gasteiger partial charge in [0.15, 0.2) is 0 Å². The number of hydrogen-bond acceptors (Lipinski definition) is 2. The number of hydrogen-bond donors (Lipinski definition) is 0. The van der Waals surface area contributed by atoms with Gasteiger partial charge in [0.25, 0.3) is 0 Å². The van der Waals surface area contributed by atoms with Crippen LogP contribution in [-0.4, -0.2) is 7.11 Å². The Balaban J connectivity index is 2.31. The third-order valence-electron chi connectivity index (χ3n) is 3.75. The molecule has 0 spiro atoms. The fourth-order valence-electron chi connectivity index (χ4n) is 2.79. The average molecular weight is 246 g/mol. The Hall–Kier alpha value is -1.44. The molecule has 98 valence electrons. The van der Waals surface area contributed by atoms with E-state index in [-0.39, 0.29) is 11.5 Å². The largest absolute Gasteiger partial charge is 0.497 e. The quantitative estimate of drug-likeness (QED) is 0.790. The molecule has 0 aromatic heterocycles. The van der Waals surface area contributed by atoms with Crippen LogP contribution in [-0.2, 0) is 4.74 Å². The molecule has 2 rings (SSSR count). The summed E-state index contributed by atoms with van der Waals surface area (Å²) in [4.78, 5) is 0. The predicted molar refractivity (Wildman–Crippen MR) is 73.5 cm³/mol. The molecule has 1 aromatic carbocycles. The molecule has 1 aliphatic heterocycles. The summed E-state index contributed by atoms with van der Waals surface area (Å²) < 4.78 is 11.2. The molecule has 1 aromatic rings. The lowest BCUT2D eigenvalue weighted by Gasteiger charge is -2.30. The molecule has 0 amide bonds. The summed E-state index contributed by atoms with van der Waals surface area (Å²) in [6.45, 7) is 8.92. The zero-order valence-electron chi connectivity index (χ0n) is 11.9. The van der Waals surface area contributed by atoms with Crippen molar-refractivity contribution in [3.8, 4) is 5.75 Å². The zero-order valence-corrected chi connectivity index (χ0v) is 11.9. The minimum Gasteiger partial charge on any atom is -0.497 e. The summed E-state index contributed by atoms with van der Waals surface area (Å²) in [6.07, 6.45) is 2.01. The van der Waals surface area contributed by atoms with E-state index in [0.29, 0.717) is 5.92 Å².